The first-order chi connectivity index (χ1) is 22.0. The van der Waals surface area contributed by atoms with Crippen molar-refractivity contribution >= 4 is 61.1 Å². The average Bonchev–Trinajstić information content (AvgIpc) is 3.36. The van der Waals surface area contributed by atoms with Gasteiger partial charge in [-0.3, -0.25) is 18.7 Å². The second-order valence-corrected chi connectivity index (χ2v) is 16.4. The number of aliphatic carboxylic acids is 1. The van der Waals surface area contributed by atoms with Gasteiger partial charge >= 0.3 is 5.97 Å². The number of hydrogen-bond donors (Lipinski definition) is 4. The molecule has 264 valence electrons. The number of carboxylic acids is 1. The zero-order chi connectivity index (χ0) is 34.9. The van der Waals surface area contributed by atoms with Crippen LogP contribution in [0.25, 0.3) is 0 Å². The van der Waals surface area contributed by atoms with Crippen LogP contribution in [0.15, 0.2) is 16.4 Å². The van der Waals surface area contributed by atoms with Gasteiger partial charge in [0, 0.05) is 18.3 Å². The maximum absolute atomic E-state index is 12.2. The molecule has 2 aliphatic carbocycles. The molecule has 1 heterocycles. The summed E-state index contributed by atoms with van der Waals surface area (Å²) in [4.78, 5) is 26.4. The molecule has 1 aromatic rings. The van der Waals surface area contributed by atoms with Gasteiger partial charge in [-0.1, -0.05) is 0 Å². The summed E-state index contributed by atoms with van der Waals surface area (Å²) in [5.41, 5.74) is 0.0699. The van der Waals surface area contributed by atoms with Crippen LogP contribution in [0, 0.1) is 17.2 Å². The number of halogens is 2. The molecule has 1 amide bonds. The molecular formula is C27H41Cl2N7O9S2. The first-order valence-electron chi connectivity index (χ1n) is 15.3. The number of nitrogens with zero attached hydrogens (tertiary/aromatic N) is 6. The molecule has 47 heavy (non-hydrogen) atoms. The fourth-order valence-electron chi connectivity index (χ4n) is 6.29. The SMILES string of the molecule is CC(=O)NC1CC(N(CCCCS(=O)(=O)O)CCCCS(=O)(=O)O)CCC1N=Nc1c(C#N)cnn1C1C(Cl)CC(Cl)CC1C(=O)O. The summed E-state index contributed by atoms with van der Waals surface area (Å²) in [7, 11) is -8.24. The zero-order valence-electron chi connectivity index (χ0n) is 25.9. The smallest absolute Gasteiger partial charge is 0.308 e. The highest BCUT2D eigenvalue weighted by Gasteiger charge is 2.43. The van der Waals surface area contributed by atoms with Crippen LogP contribution in [-0.4, -0.2) is 111 Å². The predicted octanol–water partition coefficient (Wildman–Crippen LogP) is 3.15. The highest BCUT2D eigenvalue weighted by Crippen LogP contribution is 2.42. The van der Waals surface area contributed by atoms with Crippen LogP contribution in [0.3, 0.4) is 0 Å². The molecule has 0 radical (unpaired) electrons. The molecule has 0 saturated heterocycles. The maximum atomic E-state index is 12.2. The first kappa shape index (κ1) is 39.0. The van der Waals surface area contributed by atoms with E-state index in [4.69, 9.17) is 32.3 Å². The molecule has 20 heteroatoms. The Hall–Kier alpha value is -2.40. The first-order valence-corrected chi connectivity index (χ1v) is 19.4. The average molecular weight is 743 g/mol. The maximum Gasteiger partial charge on any atom is 0.308 e. The van der Waals surface area contributed by atoms with Crippen LogP contribution in [0.5, 0.6) is 0 Å². The van der Waals surface area contributed by atoms with E-state index in [9.17, 15) is 36.8 Å². The Bertz CT molecular complexity index is 1490. The Morgan fingerprint density at radius 3 is 2.21 bits per heavy atom. The van der Waals surface area contributed by atoms with E-state index < -0.39 is 72.5 Å². The molecule has 16 nitrogen and oxygen atoms in total. The van der Waals surface area contributed by atoms with Crippen LogP contribution in [0.1, 0.15) is 76.3 Å². The Morgan fingerprint density at radius 2 is 1.68 bits per heavy atom. The van der Waals surface area contributed by atoms with Gasteiger partial charge in [-0.2, -0.15) is 32.3 Å². The Kier molecular flexibility index (Phi) is 14.4. The molecule has 1 aromatic heterocycles. The van der Waals surface area contributed by atoms with Crippen LogP contribution in [0.4, 0.5) is 5.82 Å². The molecule has 0 bridgehead atoms. The topological polar surface area (TPSA) is 245 Å². The van der Waals surface area contributed by atoms with E-state index in [2.05, 4.69) is 25.5 Å². The fraction of sp³-hybridized carbons (Fsp3) is 0.778. The van der Waals surface area contributed by atoms with Gasteiger partial charge in [-0.25, -0.2) is 4.68 Å². The second-order valence-electron chi connectivity index (χ2n) is 12.0. The van der Waals surface area contributed by atoms with Crippen molar-refractivity contribution in [3.8, 4) is 6.07 Å². The second kappa shape index (κ2) is 17.3. The Balaban J connectivity index is 1.82. The van der Waals surface area contributed by atoms with Crippen molar-refractivity contribution < 1.29 is 40.6 Å². The molecule has 0 aromatic carbocycles. The van der Waals surface area contributed by atoms with Crippen molar-refractivity contribution in [2.45, 2.75) is 99.6 Å². The lowest BCUT2D eigenvalue weighted by atomic mass is 9.84. The summed E-state index contributed by atoms with van der Waals surface area (Å²) in [5.74, 6) is -3.12. The van der Waals surface area contributed by atoms with Crippen molar-refractivity contribution in [3.63, 3.8) is 0 Å². The highest BCUT2D eigenvalue weighted by molar-refractivity contribution is 7.86. The molecule has 4 N–H and O–H groups in total. The summed E-state index contributed by atoms with van der Waals surface area (Å²) >= 11 is 12.8. The summed E-state index contributed by atoms with van der Waals surface area (Å²) in [6, 6.07) is 0.0548. The van der Waals surface area contributed by atoms with E-state index in [1.54, 1.807) is 0 Å². The standard InChI is InChI=1S/C27H41Cl2N7O9S2/c1-17(37)32-24-14-20(35(8-2-4-10-46(40,41)42)9-3-5-11-47(43,44)45)6-7-23(24)33-34-26-18(15-30)16-31-36(26)25-21(27(38)39)12-19(28)13-22(25)29/h16,19-25H,2-14H2,1H3,(H,32,37)(H,38,39)(H,40,41,42)(H,43,44,45). The number of azo groups is 1. The van der Waals surface area contributed by atoms with Crippen LogP contribution >= 0.6 is 23.2 Å². The van der Waals surface area contributed by atoms with Crippen LogP contribution in [0.2, 0.25) is 0 Å². The number of nitrogens with one attached hydrogen (secondary N) is 1. The number of carbonyl (C=O) groups excluding carboxylic acids is 1. The number of alkyl halides is 2. The van der Waals surface area contributed by atoms with E-state index in [0.29, 0.717) is 51.6 Å². The van der Waals surface area contributed by atoms with E-state index >= 15 is 0 Å². The van der Waals surface area contributed by atoms with Crippen molar-refractivity contribution in [2.24, 2.45) is 16.1 Å². The van der Waals surface area contributed by atoms with Gasteiger partial charge < -0.3 is 15.3 Å². The highest BCUT2D eigenvalue weighted by atomic mass is 35.5. The normalized spacial score (nSPS) is 27.1. The minimum Gasteiger partial charge on any atom is -0.481 e. The number of unbranched alkanes of at least 4 members (excludes halogenated alkanes) is 2. The number of aromatic nitrogens is 2. The summed E-state index contributed by atoms with van der Waals surface area (Å²) in [6.07, 6.45) is 4.52. The van der Waals surface area contributed by atoms with Crippen LogP contribution in [-0.2, 0) is 29.8 Å². The molecule has 7 atom stereocenters. The fourth-order valence-corrected chi connectivity index (χ4v) is 8.40. The number of nitriles is 1. The largest absolute Gasteiger partial charge is 0.481 e. The molecular weight excluding hydrogens is 701 g/mol. The van der Waals surface area contributed by atoms with Gasteiger partial charge in [-0.15, -0.1) is 28.3 Å². The summed E-state index contributed by atoms with van der Waals surface area (Å²) in [5, 5.41) is 34.6. The third kappa shape index (κ3) is 12.2. The van der Waals surface area contributed by atoms with Gasteiger partial charge in [0.15, 0.2) is 5.82 Å². The molecule has 0 aliphatic heterocycles. The minimum absolute atomic E-state index is 0.0467. The van der Waals surface area contributed by atoms with Crippen LogP contribution < -0.4 is 5.32 Å². The predicted molar refractivity (Wildman–Crippen MR) is 172 cm³/mol. The molecule has 3 rings (SSSR count). The van der Waals surface area contributed by atoms with Gasteiger partial charge in [0.25, 0.3) is 20.2 Å². The van der Waals surface area contributed by atoms with Crippen molar-refractivity contribution in [1.82, 2.24) is 20.0 Å². The third-order valence-electron chi connectivity index (χ3n) is 8.45. The van der Waals surface area contributed by atoms with Gasteiger partial charge in [-0.05, 0) is 70.9 Å². The number of rotatable bonds is 16. The molecule has 2 saturated carbocycles. The van der Waals surface area contributed by atoms with E-state index in [-0.39, 0.29) is 42.6 Å². The molecule has 7 unspecified atom stereocenters. The van der Waals surface area contributed by atoms with Gasteiger partial charge in [0.1, 0.15) is 11.6 Å². The lowest BCUT2D eigenvalue weighted by Crippen LogP contribution is -2.51. The van der Waals surface area contributed by atoms with E-state index in [0.717, 1.165) is 0 Å². The summed E-state index contributed by atoms with van der Waals surface area (Å²) in [6.45, 7) is 2.26. The lowest BCUT2D eigenvalue weighted by molar-refractivity contribution is -0.144. The quantitative estimate of drug-likeness (QED) is 0.0826. The number of hydrogen-bond acceptors (Lipinski definition) is 11. The summed E-state index contributed by atoms with van der Waals surface area (Å²) < 4.78 is 64.2. The third-order valence-corrected chi connectivity index (χ3v) is 10.9. The molecule has 2 aliphatic rings. The number of carbonyl (C=O) groups is 2. The van der Waals surface area contributed by atoms with Crippen molar-refractivity contribution in [2.75, 3.05) is 24.6 Å². The Labute approximate surface area is 284 Å². The molecule has 0 spiro atoms. The monoisotopic (exact) mass is 741 g/mol. The van der Waals surface area contributed by atoms with Gasteiger partial charge in [0.05, 0.1) is 47.1 Å². The van der Waals surface area contributed by atoms with Gasteiger partial charge in [0.2, 0.25) is 5.91 Å². The lowest BCUT2D eigenvalue weighted by Gasteiger charge is -2.40. The Morgan fingerprint density at radius 1 is 1.06 bits per heavy atom. The van der Waals surface area contributed by atoms with Crippen molar-refractivity contribution in [3.05, 3.63) is 11.8 Å². The zero-order valence-corrected chi connectivity index (χ0v) is 29.0. The van der Waals surface area contributed by atoms with Crippen molar-refractivity contribution in [1.29, 1.82) is 5.26 Å². The minimum atomic E-state index is -4.12. The molecule has 2 fully saturated rings. The number of carboxylic acid groups (broad SMARTS) is 1. The van der Waals surface area contributed by atoms with E-state index in [1.807, 2.05) is 6.07 Å². The number of amides is 1. The van der Waals surface area contributed by atoms with E-state index in [1.165, 1.54) is 17.8 Å².